The summed E-state index contributed by atoms with van der Waals surface area (Å²) in [5, 5.41) is 3.40. The molecular weight excluding hydrogens is 343 g/mol. The van der Waals surface area contributed by atoms with Gasteiger partial charge < -0.3 is 10.1 Å². The van der Waals surface area contributed by atoms with E-state index in [1.54, 1.807) is 0 Å². The molecule has 2 fully saturated rings. The van der Waals surface area contributed by atoms with Gasteiger partial charge in [0.1, 0.15) is 5.75 Å². The van der Waals surface area contributed by atoms with Crippen LogP contribution in [-0.2, 0) is 6.54 Å². The smallest absolute Gasteiger partial charge is 0.119 e. The molecule has 24 heavy (non-hydrogen) atoms. The molecule has 0 aromatic heterocycles. The molecule has 1 N–H and O–H groups in total. The number of ether oxygens (including phenoxy) is 1. The molecule has 0 radical (unpaired) electrons. The number of hydrogen-bond acceptors (Lipinski definition) is 3. The normalized spacial score (nSPS) is 19.2. The highest BCUT2D eigenvalue weighted by Crippen LogP contribution is 2.26. The van der Waals surface area contributed by atoms with Gasteiger partial charge in [0.2, 0.25) is 0 Å². The van der Waals surface area contributed by atoms with E-state index in [4.69, 9.17) is 4.74 Å². The summed E-state index contributed by atoms with van der Waals surface area (Å²) in [5.74, 6) is 1.95. The van der Waals surface area contributed by atoms with E-state index in [0.717, 1.165) is 51.0 Å². The third kappa shape index (κ3) is 7.18. The van der Waals surface area contributed by atoms with Gasteiger partial charge in [-0.1, -0.05) is 44.2 Å². The summed E-state index contributed by atoms with van der Waals surface area (Å²) in [6, 6.07) is 8.68. The summed E-state index contributed by atoms with van der Waals surface area (Å²) in [6.07, 6.45) is 8.32. The van der Waals surface area contributed by atoms with Crippen LogP contribution in [-0.4, -0.2) is 37.7 Å². The van der Waals surface area contributed by atoms with Crippen LogP contribution in [0, 0.1) is 5.92 Å². The summed E-state index contributed by atoms with van der Waals surface area (Å²) < 4.78 is 6.01. The second-order valence-corrected chi connectivity index (χ2v) is 6.81. The van der Waals surface area contributed by atoms with Gasteiger partial charge in [0, 0.05) is 32.7 Å². The van der Waals surface area contributed by atoms with E-state index < -0.39 is 0 Å². The van der Waals surface area contributed by atoms with Crippen molar-refractivity contribution in [2.24, 2.45) is 5.92 Å². The quantitative estimate of drug-likeness (QED) is 0.803. The molecule has 1 aliphatic carbocycles. The van der Waals surface area contributed by atoms with E-state index in [0.29, 0.717) is 0 Å². The number of nitrogens with zero attached hydrogens (tertiary/aromatic N) is 1. The maximum atomic E-state index is 6.01. The van der Waals surface area contributed by atoms with Gasteiger partial charge in [-0.25, -0.2) is 0 Å². The second-order valence-electron chi connectivity index (χ2n) is 6.81. The van der Waals surface area contributed by atoms with Crippen molar-refractivity contribution in [1.82, 2.24) is 10.2 Å². The van der Waals surface area contributed by atoms with Crippen molar-refractivity contribution in [2.75, 3.05) is 32.8 Å². The molecule has 0 amide bonds. The van der Waals surface area contributed by atoms with E-state index in [2.05, 4.69) is 34.5 Å². The van der Waals surface area contributed by atoms with E-state index in [1.807, 2.05) is 0 Å². The van der Waals surface area contributed by atoms with Crippen molar-refractivity contribution in [3.05, 3.63) is 29.8 Å². The Labute approximate surface area is 159 Å². The van der Waals surface area contributed by atoms with Crippen LogP contribution in [0.1, 0.15) is 44.1 Å². The zero-order valence-corrected chi connectivity index (χ0v) is 16.2. The Morgan fingerprint density at radius 2 is 1.79 bits per heavy atom. The van der Waals surface area contributed by atoms with Crippen LogP contribution in [0.5, 0.6) is 5.75 Å². The first-order valence-corrected chi connectivity index (χ1v) is 9.05. The molecule has 1 aromatic rings. The average Bonchev–Trinajstić information content (AvgIpc) is 2.57. The third-order valence-corrected chi connectivity index (χ3v) is 5.03. The minimum absolute atomic E-state index is 0. The van der Waals surface area contributed by atoms with Crippen molar-refractivity contribution in [3.8, 4) is 5.75 Å². The number of piperazine rings is 1. The van der Waals surface area contributed by atoms with Gasteiger partial charge in [0.15, 0.2) is 0 Å². The first-order valence-electron chi connectivity index (χ1n) is 9.05. The molecule has 0 spiro atoms. The number of hydrogen-bond donors (Lipinski definition) is 1. The fraction of sp³-hybridized carbons (Fsp3) is 0.684. The Morgan fingerprint density at radius 3 is 2.54 bits per heavy atom. The zero-order chi connectivity index (χ0) is 15.0. The van der Waals surface area contributed by atoms with Crippen LogP contribution < -0.4 is 10.1 Å². The lowest BCUT2D eigenvalue weighted by Crippen LogP contribution is -2.42. The summed E-state index contributed by atoms with van der Waals surface area (Å²) >= 11 is 0. The van der Waals surface area contributed by atoms with E-state index in [1.165, 1.54) is 44.1 Å². The fourth-order valence-electron chi connectivity index (χ4n) is 3.68. The molecule has 1 aromatic carbocycles. The van der Waals surface area contributed by atoms with E-state index in [9.17, 15) is 0 Å². The maximum absolute atomic E-state index is 6.01. The molecule has 1 saturated heterocycles. The number of rotatable bonds is 6. The number of nitrogens with one attached hydrogen (secondary N) is 1. The lowest BCUT2D eigenvalue weighted by atomic mass is 9.87. The Bertz CT molecular complexity index is 447. The van der Waals surface area contributed by atoms with Crippen LogP contribution >= 0.6 is 24.8 Å². The molecule has 138 valence electrons. The van der Waals surface area contributed by atoms with Crippen molar-refractivity contribution in [2.45, 2.75) is 45.1 Å². The lowest BCUT2D eigenvalue weighted by Gasteiger charge is -2.27. The lowest BCUT2D eigenvalue weighted by molar-refractivity contribution is 0.231. The van der Waals surface area contributed by atoms with Crippen LogP contribution in [0.15, 0.2) is 24.3 Å². The van der Waals surface area contributed by atoms with Gasteiger partial charge in [-0.15, -0.1) is 24.8 Å². The Hall–Kier alpha value is -0.480. The summed E-state index contributed by atoms with van der Waals surface area (Å²) in [7, 11) is 0. The van der Waals surface area contributed by atoms with Crippen molar-refractivity contribution in [3.63, 3.8) is 0 Å². The molecule has 0 atom stereocenters. The van der Waals surface area contributed by atoms with Crippen LogP contribution in [0.25, 0.3) is 0 Å². The van der Waals surface area contributed by atoms with Crippen molar-refractivity contribution in [1.29, 1.82) is 0 Å². The van der Waals surface area contributed by atoms with Gasteiger partial charge in [-0.05, 0) is 30.0 Å². The highest BCUT2D eigenvalue weighted by Gasteiger charge is 2.13. The van der Waals surface area contributed by atoms with Gasteiger partial charge in [0.05, 0.1) is 6.61 Å². The average molecular weight is 375 g/mol. The molecule has 1 aliphatic heterocycles. The summed E-state index contributed by atoms with van der Waals surface area (Å²) in [4.78, 5) is 2.51. The van der Waals surface area contributed by atoms with Crippen LogP contribution in [0.4, 0.5) is 0 Å². The third-order valence-electron chi connectivity index (χ3n) is 5.03. The number of halogens is 2. The van der Waals surface area contributed by atoms with Gasteiger partial charge in [0.25, 0.3) is 0 Å². The standard InChI is InChI=1S/C19H30N2O.2ClH/c1-2-5-17(6-3-1)9-14-22-19-8-4-7-18(15-19)16-21-12-10-20-11-13-21;;/h4,7-8,15,17,20H,1-3,5-6,9-14,16H2;2*1H. The Morgan fingerprint density at radius 1 is 1.04 bits per heavy atom. The molecule has 5 heteroatoms. The molecule has 3 rings (SSSR count). The Balaban J connectivity index is 0.00000144. The minimum Gasteiger partial charge on any atom is -0.494 e. The molecule has 1 heterocycles. The van der Waals surface area contributed by atoms with Gasteiger partial charge in [-0.2, -0.15) is 0 Å². The molecule has 0 unspecified atom stereocenters. The second kappa shape index (κ2) is 12.0. The fourth-order valence-corrected chi connectivity index (χ4v) is 3.68. The zero-order valence-electron chi connectivity index (χ0n) is 14.5. The molecular formula is C19H32Cl2N2O. The predicted octanol–water partition coefficient (Wildman–Crippen LogP) is 4.28. The monoisotopic (exact) mass is 374 g/mol. The highest BCUT2D eigenvalue weighted by atomic mass is 35.5. The van der Waals surface area contributed by atoms with Crippen molar-refractivity contribution < 1.29 is 4.74 Å². The van der Waals surface area contributed by atoms with Crippen LogP contribution in [0.2, 0.25) is 0 Å². The first kappa shape index (κ1) is 21.6. The topological polar surface area (TPSA) is 24.5 Å². The molecule has 2 aliphatic rings. The molecule has 0 bridgehead atoms. The van der Waals surface area contributed by atoms with Crippen molar-refractivity contribution >= 4 is 24.8 Å². The van der Waals surface area contributed by atoms with Gasteiger partial charge in [-0.3, -0.25) is 4.90 Å². The van der Waals surface area contributed by atoms with Crippen LogP contribution in [0.3, 0.4) is 0 Å². The SMILES string of the molecule is Cl.Cl.c1cc(CN2CCNCC2)cc(OCCC2CCCCC2)c1. The maximum Gasteiger partial charge on any atom is 0.119 e. The number of benzene rings is 1. The Kier molecular flexibility index (Phi) is 10.8. The van der Waals surface area contributed by atoms with Gasteiger partial charge >= 0.3 is 0 Å². The minimum atomic E-state index is 0. The predicted molar refractivity (Wildman–Crippen MR) is 106 cm³/mol. The summed E-state index contributed by atoms with van der Waals surface area (Å²) in [6.45, 7) is 6.43. The van der Waals surface area contributed by atoms with E-state index in [-0.39, 0.29) is 24.8 Å². The highest BCUT2D eigenvalue weighted by molar-refractivity contribution is 5.85. The first-order chi connectivity index (χ1) is 10.9. The largest absolute Gasteiger partial charge is 0.494 e. The van der Waals surface area contributed by atoms with E-state index >= 15 is 0 Å². The molecule has 1 saturated carbocycles. The molecule has 3 nitrogen and oxygen atoms in total. The summed E-state index contributed by atoms with van der Waals surface area (Å²) in [5.41, 5.74) is 1.37.